The summed E-state index contributed by atoms with van der Waals surface area (Å²) in [7, 11) is 1.74. The average molecular weight is 841 g/mol. The number of ether oxygens (including phenoxy) is 2. The van der Waals surface area contributed by atoms with Gasteiger partial charge in [0.05, 0.1) is 12.3 Å². The predicted molar refractivity (Wildman–Crippen MR) is 221 cm³/mol. The van der Waals surface area contributed by atoms with Crippen molar-refractivity contribution in [1.82, 2.24) is 9.97 Å². The number of hydrogen-bond acceptors (Lipinski definition) is 7. The van der Waals surface area contributed by atoms with E-state index in [-0.39, 0.29) is 22.9 Å². The molecule has 2 heterocycles. The van der Waals surface area contributed by atoms with Gasteiger partial charge in [-0.25, -0.2) is 14.8 Å². The summed E-state index contributed by atoms with van der Waals surface area (Å²) in [5.41, 5.74) is 5.67. The number of carbonyl (C=O) groups is 1. The lowest BCUT2D eigenvalue weighted by Crippen LogP contribution is -2.37. The van der Waals surface area contributed by atoms with Gasteiger partial charge in [-0.3, -0.25) is 0 Å². The van der Waals surface area contributed by atoms with Crippen LogP contribution in [0.15, 0.2) is 57.4 Å². The predicted octanol–water partition coefficient (Wildman–Crippen LogP) is 11.7. The fourth-order valence-electron chi connectivity index (χ4n) is 6.75. The maximum absolute atomic E-state index is 11.4. The standard InChI is InChI=1S/C28H41NO5.C16H20INO/c1-8-22-23(29-25(34-22)19-12-14-21(15-13-19)27(2,3)4)24(32-7)20-11-9-10-18(16-20)17-33-28(5,6)26(30)31;1-5-14-13(10-17)18-15(19-14)11-6-8-12(9-7-11)16(2,3)4/h12-15,18,20,24H,8-11,16-17H2,1-7H3,(H,30,31);6-9H,5,10H2,1-4H3/t18-,20+,24?;/m0./s1. The maximum Gasteiger partial charge on any atom is 0.335 e. The van der Waals surface area contributed by atoms with Crippen LogP contribution in [0.5, 0.6) is 0 Å². The van der Waals surface area contributed by atoms with Crippen molar-refractivity contribution < 1.29 is 28.2 Å². The van der Waals surface area contributed by atoms with Crippen LogP contribution in [0.2, 0.25) is 0 Å². The van der Waals surface area contributed by atoms with E-state index in [1.165, 1.54) is 11.1 Å². The van der Waals surface area contributed by atoms with Gasteiger partial charge in [-0.05, 0) is 91.2 Å². The molecule has 1 N–H and O–H groups in total. The number of nitrogens with zero attached hydrogens (tertiary/aromatic N) is 2. The van der Waals surface area contributed by atoms with Gasteiger partial charge >= 0.3 is 5.97 Å². The SMILES string of the molecule is CCc1oc(-c2ccc(C(C)(C)C)cc2)nc1C(OC)[C@@H]1CCC[C@H](COC(C)(C)C(=O)O)C1.CCc1oc(-c2ccc(C(C)(C)C)cc2)nc1CI. The normalized spacial score (nSPS) is 17.3. The second kappa shape index (κ2) is 18.1. The highest BCUT2D eigenvalue weighted by Crippen LogP contribution is 2.41. The molecule has 1 unspecified atom stereocenters. The Hall–Kier alpha value is -3.02. The van der Waals surface area contributed by atoms with Crippen molar-refractivity contribution in [2.45, 2.75) is 135 Å². The van der Waals surface area contributed by atoms with Crippen LogP contribution in [-0.4, -0.2) is 40.4 Å². The number of oxazole rings is 2. The summed E-state index contributed by atoms with van der Waals surface area (Å²) < 4.78 is 24.7. The summed E-state index contributed by atoms with van der Waals surface area (Å²) >= 11 is 2.33. The first-order valence-corrected chi connectivity index (χ1v) is 20.6. The molecule has 2 aromatic heterocycles. The Labute approximate surface area is 331 Å². The average Bonchev–Trinajstić information content (AvgIpc) is 3.76. The van der Waals surface area contributed by atoms with Crippen LogP contribution in [0.3, 0.4) is 0 Å². The van der Waals surface area contributed by atoms with Crippen molar-refractivity contribution in [3.8, 4) is 22.9 Å². The Morgan fingerprint density at radius 3 is 1.77 bits per heavy atom. The van der Waals surface area contributed by atoms with Crippen LogP contribution >= 0.6 is 22.6 Å². The lowest BCUT2D eigenvalue weighted by atomic mass is 9.78. The molecular weight excluding hydrogens is 779 g/mol. The second-order valence-corrected chi connectivity index (χ2v) is 17.6. The van der Waals surface area contributed by atoms with Gasteiger partial charge in [0, 0.05) is 35.5 Å². The third kappa shape index (κ3) is 11.0. The number of rotatable bonds is 12. The van der Waals surface area contributed by atoms with Crippen LogP contribution < -0.4 is 0 Å². The molecule has 4 aromatic rings. The van der Waals surface area contributed by atoms with E-state index < -0.39 is 11.6 Å². The number of carboxylic acid groups (broad SMARTS) is 1. The molecule has 0 amide bonds. The van der Waals surface area contributed by atoms with Gasteiger partial charge in [-0.1, -0.05) is 109 Å². The molecule has 1 saturated carbocycles. The molecule has 0 bridgehead atoms. The van der Waals surface area contributed by atoms with Gasteiger partial charge in [-0.2, -0.15) is 0 Å². The maximum atomic E-state index is 11.4. The number of benzene rings is 2. The summed E-state index contributed by atoms with van der Waals surface area (Å²) in [6.45, 7) is 21.1. The monoisotopic (exact) mass is 840 g/mol. The van der Waals surface area contributed by atoms with E-state index in [1.807, 2.05) is 0 Å². The quantitative estimate of drug-likeness (QED) is 0.111. The number of methoxy groups -OCH3 is 1. The largest absolute Gasteiger partial charge is 0.479 e. The van der Waals surface area contributed by atoms with Crippen molar-refractivity contribution in [1.29, 1.82) is 0 Å². The minimum absolute atomic E-state index is 0.0942. The van der Waals surface area contributed by atoms with Crippen molar-refractivity contribution >= 4 is 28.6 Å². The van der Waals surface area contributed by atoms with Crippen LogP contribution in [0.25, 0.3) is 22.9 Å². The van der Waals surface area contributed by atoms with Gasteiger partial charge in [0.25, 0.3) is 0 Å². The fourth-order valence-corrected chi connectivity index (χ4v) is 7.35. The molecule has 53 heavy (non-hydrogen) atoms. The lowest BCUT2D eigenvalue weighted by molar-refractivity contribution is -0.163. The molecule has 290 valence electrons. The molecule has 1 fully saturated rings. The number of aryl methyl sites for hydroxylation is 2. The molecule has 2 aromatic carbocycles. The third-order valence-corrected chi connectivity index (χ3v) is 11.0. The smallest absolute Gasteiger partial charge is 0.335 e. The topological polar surface area (TPSA) is 108 Å². The molecule has 1 aliphatic carbocycles. The van der Waals surface area contributed by atoms with Crippen molar-refractivity contribution in [3.05, 3.63) is 82.6 Å². The fraction of sp³-hybridized carbons (Fsp3) is 0.568. The first kappa shape index (κ1) is 42.7. The second-order valence-electron chi connectivity index (χ2n) is 16.8. The minimum atomic E-state index is -1.17. The highest BCUT2D eigenvalue weighted by atomic mass is 127. The summed E-state index contributed by atoms with van der Waals surface area (Å²) in [6, 6.07) is 17.0. The van der Waals surface area contributed by atoms with Gasteiger partial charge in [0.2, 0.25) is 11.8 Å². The molecule has 1 aliphatic rings. The van der Waals surface area contributed by atoms with E-state index in [4.69, 9.17) is 23.3 Å². The number of hydrogen-bond donors (Lipinski definition) is 1. The highest BCUT2D eigenvalue weighted by Gasteiger charge is 2.35. The van der Waals surface area contributed by atoms with Crippen LogP contribution in [0.4, 0.5) is 0 Å². The highest BCUT2D eigenvalue weighted by molar-refractivity contribution is 14.1. The lowest BCUT2D eigenvalue weighted by Gasteiger charge is -2.34. The molecule has 0 radical (unpaired) electrons. The van der Waals surface area contributed by atoms with Gasteiger partial charge < -0.3 is 23.4 Å². The van der Waals surface area contributed by atoms with Crippen LogP contribution in [0, 0.1) is 11.8 Å². The molecule has 3 atom stereocenters. The van der Waals surface area contributed by atoms with Gasteiger partial charge in [0.1, 0.15) is 23.3 Å². The molecule has 0 aliphatic heterocycles. The zero-order valence-electron chi connectivity index (χ0n) is 33.8. The molecule has 0 spiro atoms. The van der Waals surface area contributed by atoms with E-state index in [1.54, 1.807) is 21.0 Å². The zero-order chi connectivity index (χ0) is 39.1. The molecule has 9 heteroatoms. The summed E-state index contributed by atoms with van der Waals surface area (Å²) in [5.74, 6) is 2.89. The van der Waals surface area contributed by atoms with E-state index in [9.17, 15) is 9.90 Å². The Kier molecular flexibility index (Phi) is 14.6. The first-order valence-electron chi connectivity index (χ1n) is 19.1. The number of alkyl halides is 1. The first-order chi connectivity index (χ1) is 24.9. The molecule has 5 rings (SSSR count). The van der Waals surface area contributed by atoms with E-state index >= 15 is 0 Å². The number of carboxylic acids is 1. The Morgan fingerprint density at radius 1 is 0.830 bits per heavy atom. The molecular formula is C44H61IN2O6. The number of aliphatic carboxylic acids is 1. The van der Waals surface area contributed by atoms with Crippen LogP contribution in [-0.2, 0) is 42.4 Å². The number of halogens is 1. The summed E-state index contributed by atoms with van der Waals surface area (Å²) in [4.78, 5) is 20.9. The van der Waals surface area contributed by atoms with E-state index in [2.05, 4.69) is 131 Å². The molecule has 0 saturated heterocycles. The van der Waals surface area contributed by atoms with Gasteiger partial charge in [-0.15, -0.1) is 0 Å². The Balaban J connectivity index is 0.000000278. The Bertz CT molecular complexity index is 1740. The summed E-state index contributed by atoms with van der Waals surface area (Å²) in [6.07, 6.45) is 5.54. The van der Waals surface area contributed by atoms with Gasteiger partial charge in [0.15, 0.2) is 5.60 Å². The third-order valence-electron chi connectivity index (χ3n) is 10.2. The van der Waals surface area contributed by atoms with Crippen molar-refractivity contribution in [2.75, 3.05) is 13.7 Å². The molecule has 8 nitrogen and oxygen atoms in total. The van der Waals surface area contributed by atoms with E-state index in [0.717, 1.165) is 82.9 Å². The van der Waals surface area contributed by atoms with E-state index in [0.29, 0.717) is 18.4 Å². The van der Waals surface area contributed by atoms with Crippen molar-refractivity contribution in [2.24, 2.45) is 11.8 Å². The minimum Gasteiger partial charge on any atom is -0.479 e. The number of aromatic nitrogens is 2. The summed E-state index contributed by atoms with van der Waals surface area (Å²) in [5, 5.41) is 9.34. The van der Waals surface area contributed by atoms with Crippen LogP contribution in [0.1, 0.15) is 135 Å². The van der Waals surface area contributed by atoms with Crippen molar-refractivity contribution in [3.63, 3.8) is 0 Å². The Morgan fingerprint density at radius 2 is 1.34 bits per heavy atom. The zero-order valence-corrected chi connectivity index (χ0v) is 35.9.